The third-order valence-electron chi connectivity index (χ3n) is 4.26. The highest BCUT2D eigenvalue weighted by Gasteiger charge is 2.29. The first kappa shape index (κ1) is 13.3. The Kier molecular flexibility index (Phi) is 4.83. The van der Waals surface area contributed by atoms with Crippen LogP contribution in [0.25, 0.3) is 0 Å². The van der Waals surface area contributed by atoms with E-state index in [0.717, 1.165) is 31.6 Å². The smallest absolute Gasteiger partial charge is 0.0793 e. The van der Waals surface area contributed by atoms with Gasteiger partial charge in [0.15, 0.2) is 0 Å². The molecule has 17 heavy (non-hydrogen) atoms. The summed E-state index contributed by atoms with van der Waals surface area (Å²) in [5.74, 6) is 0.877. The van der Waals surface area contributed by atoms with Crippen molar-refractivity contribution in [3.8, 4) is 0 Å². The van der Waals surface area contributed by atoms with Crippen LogP contribution in [0.2, 0.25) is 0 Å². The number of likely N-dealkylation sites (N-methyl/N-ethyl adjacent to an activating group) is 1. The summed E-state index contributed by atoms with van der Waals surface area (Å²) in [5.41, 5.74) is 0. The molecule has 3 nitrogen and oxygen atoms in total. The Bertz CT molecular complexity index is 222. The molecule has 2 fully saturated rings. The van der Waals surface area contributed by atoms with Gasteiger partial charge in [0.05, 0.1) is 6.10 Å². The van der Waals surface area contributed by atoms with Crippen LogP contribution in [0.1, 0.15) is 39.5 Å². The third-order valence-corrected chi connectivity index (χ3v) is 4.26. The van der Waals surface area contributed by atoms with Gasteiger partial charge in [0, 0.05) is 19.1 Å². The molecule has 1 saturated heterocycles. The summed E-state index contributed by atoms with van der Waals surface area (Å²) in [6.45, 7) is 9.71. The predicted molar refractivity (Wildman–Crippen MR) is 71.1 cm³/mol. The fraction of sp³-hybridized carbons (Fsp3) is 1.00. The minimum absolute atomic E-state index is 0.163. The second kappa shape index (κ2) is 6.17. The number of hydrogen-bond donors (Lipinski definition) is 1. The van der Waals surface area contributed by atoms with Crippen molar-refractivity contribution in [1.29, 1.82) is 0 Å². The molecule has 3 heteroatoms. The van der Waals surface area contributed by atoms with E-state index >= 15 is 0 Å². The van der Waals surface area contributed by atoms with Crippen molar-refractivity contribution in [1.82, 2.24) is 9.80 Å². The molecule has 0 amide bonds. The predicted octanol–water partition coefficient (Wildman–Crippen LogP) is 1.56. The lowest BCUT2D eigenvalue weighted by Crippen LogP contribution is -2.43. The molecule has 1 unspecified atom stereocenters. The summed E-state index contributed by atoms with van der Waals surface area (Å²) >= 11 is 0. The van der Waals surface area contributed by atoms with Crippen molar-refractivity contribution >= 4 is 0 Å². The molecule has 1 atom stereocenters. The number of hydrogen-bond acceptors (Lipinski definition) is 3. The average molecular weight is 240 g/mol. The van der Waals surface area contributed by atoms with Crippen molar-refractivity contribution < 1.29 is 5.11 Å². The Labute approximate surface area is 106 Å². The minimum Gasteiger partial charge on any atom is -0.390 e. The summed E-state index contributed by atoms with van der Waals surface area (Å²) in [4.78, 5) is 4.88. The third kappa shape index (κ3) is 4.23. The maximum Gasteiger partial charge on any atom is 0.0793 e. The fourth-order valence-corrected chi connectivity index (χ4v) is 2.85. The minimum atomic E-state index is -0.163. The first-order chi connectivity index (χ1) is 8.19. The first-order valence-electron chi connectivity index (χ1n) is 7.33. The van der Waals surface area contributed by atoms with E-state index in [1.165, 1.54) is 38.8 Å². The zero-order valence-corrected chi connectivity index (χ0v) is 11.4. The van der Waals surface area contributed by atoms with E-state index in [9.17, 15) is 5.11 Å². The van der Waals surface area contributed by atoms with E-state index in [1.807, 2.05) is 0 Å². The van der Waals surface area contributed by atoms with E-state index in [2.05, 4.69) is 23.6 Å². The molecule has 0 aromatic rings. The van der Waals surface area contributed by atoms with Gasteiger partial charge in [0.1, 0.15) is 0 Å². The van der Waals surface area contributed by atoms with Gasteiger partial charge in [-0.25, -0.2) is 0 Å². The topological polar surface area (TPSA) is 26.7 Å². The number of aliphatic hydroxyl groups is 1. The van der Waals surface area contributed by atoms with E-state index < -0.39 is 0 Å². The Morgan fingerprint density at radius 3 is 2.41 bits per heavy atom. The highest BCUT2D eigenvalue weighted by atomic mass is 16.3. The van der Waals surface area contributed by atoms with Gasteiger partial charge in [0.2, 0.25) is 0 Å². The standard InChI is InChI=1S/C14H28N2O/c1-3-16(13-4-5-13)11-14(17)10-15-8-6-12(2)7-9-15/h12-14,17H,3-11H2,1-2H3. The number of β-amino-alcohol motifs (C(OH)–C–C–N with tert-alkyl or cyclic N) is 1. The molecule has 2 aliphatic rings. The van der Waals surface area contributed by atoms with Gasteiger partial charge in [0.25, 0.3) is 0 Å². The summed E-state index contributed by atoms with van der Waals surface area (Å²) in [5, 5.41) is 10.2. The van der Waals surface area contributed by atoms with Crippen LogP contribution in [0.4, 0.5) is 0 Å². The van der Waals surface area contributed by atoms with Crippen molar-refractivity contribution in [2.45, 2.75) is 51.7 Å². The summed E-state index contributed by atoms with van der Waals surface area (Å²) in [6, 6.07) is 0.774. The molecule has 0 aromatic carbocycles. The van der Waals surface area contributed by atoms with Crippen molar-refractivity contribution in [2.75, 3.05) is 32.7 Å². The number of likely N-dealkylation sites (tertiary alicyclic amines) is 1. The van der Waals surface area contributed by atoms with Crippen molar-refractivity contribution in [2.24, 2.45) is 5.92 Å². The molecule has 1 aliphatic heterocycles. The number of nitrogens with zero attached hydrogens (tertiary/aromatic N) is 2. The lowest BCUT2D eigenvalue weighted by molar-refractivity contribution is 0.0604. The van der Waals surface area contributed by atoms with Gasteiger partial charge in [-0.1, -0.05) is 13.8 Å². The molecule has 1 saturated carbocycles. The van der Waals surface area contributed by atoms with Crippen LogP contribution in [-0.4, -0.2) is 59.8 Å². The number of aliphatic hydroxyl groups excluding tert-OH is 1. The molecule has 1 N–H and O–H groups in total. The highest BCUT2D eigenvalue weighted by molar-refractivity contribution is 4.85. The lowest BCUT2D eigenvalue weighted by Gasteiger charge is -2.33. The Morgan fingerprint density at radius 2 is 1.88 bits per heavy atom. The average Bonchev–Trinajstić information content (AvgIpc) is 3.13. The zero-order chi connectivity index (χ0) is 12.3. The van der Waals surface area contributed by atoms with E-state index in [0.29, 0.717) is 0 Å². The van der Waals surface area contributed by atoms with Crippen molar-refractivity contribution in [3.63, 3.8) is 0 Å². The van der Waals surface area contributed by atoms with Gasteiger partial charge in [-0.15, -0.1) is 0 Å². The van der Waals surface area contributed by atoms with Crippen LogP contribution in [0, 0.1) is 5.92 Å². The largest absolute Gasteiger partial charge is 0.390 e. The lowest BCUT2D eigenvalue weighted by atomic mass is 9.99. The zero-order valence-electron chi connectivity index (χ0n) is 11.4. The Balaban J connectivity index is 1.67. The highest BCUT2D eigenvalue weighted by Crippen LogP contribution is 2.26. The molecular weight excluding hydrogens is 212 g/mol. The Morgan fingerprint density at radius 1 is 1.24 bits per heavy atom. The molecule has 1 heterocycles. The number of rotatable bonds is 6. The Hall–Kier alpha value is -0.120. The van der Waals surface area contributed by atoms with Crippen LogP contribution in [-0.2, 0) is 0 Å². The van der Waals surface area contributed by atoms with Crippen LogP contribution in [0.15, 0.2) is 0 Å². The van der Waals surface area contributed by atoms with E-state index in [4.69, 9.17) is 0 Å². The molecule has 0 aromatic heterocycles. The molecule has 0 bridgehead atoms. The van der Waals surface area contributed by atoms with Crippen LogP contribution >= 0.6 is 0 Å². The van der Waals surface area contributed by atoms with Gasteiger partial charge < -0.3 is 10.0 Å². The summed E-state index contributed by atoms with van der Waals surface area (Å²) < 4.78 is 0. The molecular formula is C14H28N2O. The molecule has 0 spiro atoms. The normalized spacial score (nSPS) is 25.4. The maximum atomic E-state index is 10.2. The van der Waals surface area contributed by atoms with Gasteiger partial charge in [-0.05, 0) is 51.2 Å². The van der Waals surface area contributed by atoms with Crippen LogP contribution < -0.4 is 0 Å². The first-order valence-corrected chi connectivity index (χ1v) is 7.33. The van der Waals surface area contributed by atoms with Crippen LogP contribution in [0.3, 0.4) is 0 Å². The van der Waals surface area contributed by atoms with E-state index in [-0.39, 0.29) is 6.10 Å². The quantitative estimate of drug-likeness (QED) is 0.763. The molecule has 1 aliphatic carbocycles. The van der Waals surface area contributed by atoms with Gasteiger partial charge in [-0.2, -0.15) is 0 Å². The molecule has 0 radical (unpaired) electrons. The maximum absolute atomic E-state index is 10.2. The SMILES string of the molecule is CCN(CC(O)CN1CCC(C)CC1)C1CC1. The van der Waals surface area contributed by atoms with Gasteiger partial charge >= 0.3 is 0 Å². The molecule has 100 valence electrons. The monoisotopic (exact) mass is 240 g/mol. The van der Waals surface area contributed by atoms with E-state index in [1.54, 1.807) is 0 Å². The summed E-state index contributed by atoms with van der Waals surface area (Å²) in [6.07, 6.45) is 5.10. The molecule has 2 rings (SSSR count). The van der Waals surface area contributed by atoms with Gasteiger partial charge in [-0.3, -0.25) is 4.90 Å². The van der Waals surface area contributed by atoms with Crippen molar-refractivity contribution in [3.05, 3.63) is 0 Å². The summed E-state index contributed by atoms with van der Waals surface area (Å²) in [7, 11) is 0. The van der Waals surface area contributed by atoms with Crippen LogP contribution in [0.5, 0.6) is 0 Å². The number of piperidine rings is 1. The second-order valence-electron chi connectivity index (χ2n) is 5.96. The fourth-order valence-electron chi connectivity index (χ4n) is 2.85. The second-order valence-corrected chi connectivity index (χ2v) is 5.96.